The molecule has 138 valence electrons. The van der Waals surface area contributed by atoms with E-state index in [1.165, 1.54) is 32.1 Å². The lowest BCUT2D eigenvalue weighted by Crippen LogP contribution is -2.44. The molecule has 5 rings (SSSR count). The fraction of sp³-hybridized carbons (Fsp3) is 0.391. The van der Waals surface area contributed by atoms with Crippen LogP contribution in [-0.4, -0.2) is 33.4 Å². The Labute approximate surface area is 159 Å². The molecule has 0 unspecified atom stereocenters. The quantitative estimate of drug-likeness (QED) is 0.666. The van der Waals surface area contributed by atoms with E-state index in [2.05, 4.69) is 20.5 Å². The van der Waals surface area contributed by atoms with Crippen LogP contribution in [-0.2, 0) is 0 Å². The number of imidazole rings is 1. The van der Waals surface area contributed by atoms with Crippen molar-refractivity contribution in [2.75, 3.05) is 13.1 Å². The van der Waals surface area contributed by atoms with Gasteiger partial charge in [0.15, 0.2) is 0 Å². The van der Waals surface area contributed by atoms with Gasteiger partial charge in [-0.2, -0.15) is 0 Å². The molecule has 4 heteroatoms. The molecule has 1 saturated heterocycles. The van der Waals surface area contributed by atoms with Crippen LogP contribution in [0.25, 0.3) is 16.7 Å². The van der Waals surface area contributed by atoms with Gasteiger partial charge in [0.25, 0.3) is 5.91 Å². The summed E-state index contributed by atoms with van der Waals surface area (Å²) in [6.07, 6.45) is 8.38. The zero-order valence-corrected chi connectivity index (χ0v) is 15.6. The molecule has 1 amide bonds. The van der Waals surface area contributed by atoms with Crippen LogP contribution < -0.4 is 0 Å². The minimum absolute atomic E-state index is 0.182. The maximum absolute atomic E-state index is 13.0. The van der Waals surface area contributed by atoms with E-state index in [-0.39, 0.29) is 5.91 Å². The summed E-state index contributed by atoms with van der Waals surface area (Å²) in [6.45, 7) is 1.85. The number of hydrogen-bond donors (Lipinski definition) is 0. The Morgan fingerprint density at radius 3 is 2.56 bits per heavy atom. The highest BCUT2D eigenvalue weighted by Gasteiger charge is 2.33. The highest BCUT2D eigenvalue weighted by atomic mass is 16.2. The molecule has 0 bridgehead atoms. The van der Waals surface area contributed by atoms with Gasteiger partial charge in [-0.15, -0.1) is 0 Å². The minimum atomic E-state index is 0.182. The predicted molar refractivity (Wildman–Crippen MR) is 107 cm³/mol. The van der Waals surface area contributed by atoms with Gasteiger partial charge in [0, 0.05) is 24.3 Å². The molecular formula is C23H25N3O. The highest BCUT2D eigenvalue weighted by molar-refractivity contribution is 5.94. The van der Waals surface area contributed by atoms with Crippen molar-refractivity contribution in [2.24, 2.45) is 11.8 Å². The van der Waals surface area contributed by atoms with Crippen molar-refractivity contribution >= 4 is 16.9 Å². The van der Waals surface area contributed by atoms with Gasteiger partial charge < -0.3 is 4.90 Å². The van der Waals surface area contributed by atoms with Crippen LogP contribution in [0.4, 0.5) is 0 Å². The summed E-state index contributed by atoms with van der Waals surface area (Å²) in [6, 6.07) is 16.1. The second-order valence-corrected chi connectivity index (χ2v) is 7.99. The molecule has 3 aromatic rings. The fourth-order valence-electron chi connectivity index (χ4n) is 4.90. The maximum Gasteiger partial charge on any atom is 0.253 e. The standard InChI is InChI=1S/C23H25N3O/c27-23(25-14-13-17-5-1-2-6-19(17)15-25)18-9-11-20(12-10-18)26-16-24-21-7-3-4-8-22(21)26/h3-4,7-12,16-17,19H,1-2,5-6,13-15H2/t17-,19+/m0/s1. The summed E-state index contributed by atoms with van der Waals surface area (Å²) >= 11 is 0. The van der Waals surface area contributed by atoms with E-state index in [4.69, 9.17) is 0 Å². The number of nitrogens with zero attached hydrogens (tertiary/aromatic N) is 3. The number of carbonyl (C=O) groups is 1. The van der Waals surface area contributed by atoms with Gasteiger partial charge in [-0.25, -0.2) is 4.98 Å². The minimum Gasteiger partial charge on any atom is -0.338 e. The van der Waals surface area contributed by atoms with Crippen LogP contribution in [0.15, 0.2) is 54.9 Å². The molecule has 1 aliphatic carbocycles. The molecule has 0 spiro atoms. The highest BCUT2D eigenvalue weighted by Crippen LogP contribution is 2.36. The lowest BCUT2D eigenvalue weighted by Gasteiger charge is -2.41. The summed E-state index contributed by atoms with van der Waals surface area (Å²) in [5, 5.41) is 0. The Morgan fingerprint density at radius 1 is 0.926 bits per heavy atom. The first-order chi connectivity index (χ1) is 13.3. The lowest BCUT2D eigenvalue weighted by molar-refractivity contribution is 0.0521. The third-order valence-electron chi connectivity index (χ3n) is 6.42. The van der Waals surface area contributed by atoms with Gasteiger partial charge >= 0.3 is 0 Å². The number of piperidine rings is 1. The van der Waals surface area contributed by atoms with Crippen LogP contribution in [0, 0.1) is 11.8 Å². The lowest BCUT2D eigenvalue weighted by atomic mass is 9.75. The number of carbonyl (C=O) groups excluding carboxylic acids is 1. The van der Waals surface area contributed by atoms with Crippen LogP contribution in [0.1, 0.15) is 42.5 Å². The molecule has 4 nitrogen and oxygen atoms in total. The number of benzene rings is 2. The van der Waals surface area contributed by atoms with Crippen molar-refractivity contribution in [3.8, 4) is 5.69 Å². The van der Waals surface area contributed by atoms with Gasteiger partial charge in [-0.1, -0.05) is 31.4 Å². The molecule has 2 atom stereocenters. The average Bonchev–Trinajstić information content (AvgIpc) is 3.17. The first kappa shape index (κ1) is 16.5. The molecule has 2 aliphatic rings. The fourth-order valence-corrected chi connectivity index (χ4v) is 4.90. The van der Waals surface area contributed by atoms with Crippen molar-refractivity contribution in [1.82, 2.24) is 14.5 Å². The number of likely N-dealkylation sites (tertiary alicyclic amines) is 1. The summed E-state index contributed by atoms with van der Waals surface area (Å²) in [5.74, 6) is 1.74. The summed E-state index contributed by atoms with van der Waals surface area (Å²) in [7, 11) is 0. The van der Waals surface area contributed by atoms with Crippen molar-refractivity contribution in [3.05, 3.63) is 60.4 Å². The Balaban J connectivity index is 1.35. The van der Waals surface area contributed by atoms with Crippen molar-refractivity contribution < 1.29 is 4.79 Å². The SMILES string of the molecule is O=C(c1ccc(-n2cnc3ccccc32)cc1)N1CC[C@@H]2CCCC[C@@H]2C1. The number of rotatable bonds is 2. The molecule has 1 saturated carbocycles. The molecule has 2 fully saturated rings. The van der Waals surface area contributed by atoms with Crippen LogP contribution in [0.5, 0.6) is 0 Å². The van der Waals surface area contributed by atoms with Crippen LogP contribution >= 0.6 is 0 Å². The molecule has 2 aromatic carbocycles. The molecule has 1 aromatic heterocycles. The van der Waals surface area contributed by atoms with E-state index < -0.39 is 0 Å². The van der Waals surface area contributed by atoms with Crippen molar-refractivity contribution in [3.63, 3.8) is 0 Å². The van der Waals surface area contributed by atoms with Gasteiger partial charge in [0.1, 0.15) is 6.33 Å². The summed E-state index contributed by atoms with van der Waals surface area (Å²) in [4.78, 5) is 19.5. The molecule has 0 radical (unpaired) electrons. The monoisotopic (exact) mass is 359 g/mol. The number of amides is 1. The first-order valence-corrected chi connectivity index (χ1v) is 10.1. The number of fused-ring (bicyclic) bond motifs is 2. The van der Waals surface area contributed by atoms with Gasteiger partial charge in [0.2, 0.25) is 0 Å². The zero-order chi connectivity index (χ0) is 18.2. The smallest absolute Gasteiger partial charge is 0.253 e. The molecule has 1 aliphatic heterocycles. The Kier molecular flexibility index (Phi) is 4.19. The van der Waals surface area contributed by atoms with Crippen molar-refractivity contribution in [1.29, 1.82) is 0 Å². The van der Waals surface area contributed by atoms with E-state index in [1.54, 1.807) is 0 Å². The topological polar surface area (TPSA) is 38.1 Å². The summed E-state index contributed by atoms with van der Waals surface area (Å²) < 4.78 is 2.07. The molecule has 27 heavy (non-hydrogen) atoms. The number of hydrogen-bond acceptors (Lipinski definition) is 2. The van der Waals surface area contributed by atoms with Gasteiger partial charge in [-0.3, -0.25) is 9.36 Å². The van der Waals surface area contributed by atoms with E-state index in [1.807, 2.05) is 48.8 Å². The van der Waals surface area contributed by atoms with E-state index in [0.717, 1.165) is 41.3 Å². The molecular weight excluding hydrogens is 334 g/mol. The van der Waals surface area contributed by atoms with Crippen LogP contribution in [0.3, 0.4) is 0 Å². The van der Waals surface area contributed by atoms with Crippen molar-refractivity contribution in [2.45, 2.75) is 32.1 Å². The Morgan fingerprint density at radius 2 is 1.70 bits per heavy atom. The molecule has 2 heterocycles. The summed E-state index contributed by atoms with van der Waals surface area (Å²) in [5.41, 5.74) is 3.88. The predicted octanol–water partition coefficient (Wildman–Crippen LogP) is 4.68. The zero-order valence-electron chi connectivity index (χ0n) is 15.6. The largest absolute Gasteiger partial charge is 0.338 e. The normalized spacial score (nSPS) is 22.6. The maximum atomic E-state index is 13.0. The van der Waals surface area contributed by atoms with Gasteiger partial charge in [-0.05, 0) is 61.1 Å². The van der Waals surface area contributed by atoms with E-state index >= 15 is 0 Å². The van der Waals surface area contributed by atoms with E-state index in [0.29, 0.717) is 5.92 Å². The second kappa shape index (κ2) is 6.84. The average molecular weight is 359 g/mol. The Hall–Kier alpha value is -2.62. The Bertz CT molecular complexity index is 959. The van der Waals surface area contributed by atoms with Gasteiger partial charge in [0.05, 0.1) is 11.0 Å². The second-order valence-electron chi connectivity index (χ2n) is 7.99. The number of para-hydroxylation sites is 2. The molecule has 0 N–H and O–H groups in total. The van der Waals surface area contributed by atoms with E-state index in [9.17, 15) is 4.79 Å². The third-order valence-corrected chi connectivity index (χ3v) is 6.42. The third kappa shape index (κ3) is 3.03. The van der Waals surface area contributed by atoms with Crippen LogP contribution in [0.2, 0.25) is 0 Å². The number of aromatic nitrogens is 2. The first-order valence-electron chi connectivity index (χ1n) is 10.1.